The van der Waals surface area contributed by atoms with E-state index in [0.29, 0.717) is 26.2 Å². The van der Waals surface area contributed by atoms with Gasteiger partial charge < -0.3 is 10.1 Å². The van der Waals surface area contributed by atoms with Gasteiger partial charge in [-0.1, -0.05) is 26.0 Å². The van der Waals surface area contributed by atoms with Gasteiger partial charge in [-0.2, -0.15) is 13.2 Å². The van der Waals surface area contributed by atoms with Crippen LogP contribution in [0.25, 0.3) is 0 Å². The summed E-state index contributed by atoms with van der Waals surface area (Å²) in [5.74, 6) is -0.180. The van der Waals surface area contributed by atoms with Gasteiger partial charge in [-0.05, 0) is 24.1 Å². The number of rotatable bonds is 4. The van der Waals surface area contributed by atoms with Crippen molar-refractivity contribution in [1.29, 1.82) is 0 Å². The average Bonchev–Trinajstić information content (AvgIpc) is 2.98. The van der Waals surface area contributed by atoms with Crippen molar-refractivity contribution in [2.75, 3.05) is 19.8 Å². The van der Waals surface area contributed by atoms with E-state index in [9.17, 15) is 18.0 Å². The maximum Gasteiger partial charge on any atom is 0.416 e. The van der Waals surface area contributed by atoms with Gasteiger partial charge in [-0.25, -0.2) is 0 Å². The highest BCUT2D eigenvalue weighted by atomic mass is 19.4. The summed E-state index contributed by atoms with van der Waals surface area (Å²) in [7, 11) is 0. The smallest absolute Gasteiger partial charge is 0.381 e. The lowest BCUT2D eigenvalue weighted by molar-refractivity contribution is -0.137. The number of nitrogens with one attached hydrogen (secondary N) is 1. The van der Waals surface area contributed by atoms with Crippen LogP contribution in [0.2, 0.25) is 0 Å². The SMILES string of the molecule is CC(C)(CNC(=O)[C@H]1CCOC1)c1ccc(C(F)(F)F)cc1. The molecular weight excluding hydrogens is 295 g/mol. The lowest BCUT2D eigenvalue weighted by Crippen LogP contribution is -2.39. The van der Waals surface area contributed by atoms with E-state index in [1.165, 1.54) is 12.1 Å². The van der Waals surface area contributed by atoms with E-state index in [-0.39, 0.29) is 11.8 Å². The number of amides is 1. The van der Waals surface area contributed by atoms with Gasteiger partial charge >= 0.3 is 6.18 Å². The normalized spacial score (nSPS) is 19.2. The highest BCUT2D eigenvalue weighted by Crippen LogP contribution is 2.31. The molecule has 1 aliphatic rings. The largest absolute Gasteiger partial charge is 0.416 e. The summed E-state index contributed by atoms with van der Waals surface area (Å²) in [6, 6.07) is 5.08. The fourth-order valence-electron chi connectivity index (χ4n) is 2.41. The lowest BCUT2D eigenvalue weighted by Gasteiger charge is -2.26. The minimum atomic E-state index is -4.33. The van der Waals surface area contributed by atoms with Crippen LogP contribution in [0, 0.1) is 5.92 Å². The first-order valence-electron chi connectivity index (χ1n) is 7.23. The highest BCUT2D eigenvalue weighted by Gasteiger charge is 2.31. The van der Waals surface area contributed by atoms with Crippen molar-refractivity contribution < 1.29 is 22.7 Å². The Labute approximate surface area is 127 Å². The van der Waals surface area contributed by atoms with Gasteiger partial charge in [0.05, 0.1) is 18.1 Å². The summed E-state index contributed by atoms with van der Waals surface area (Å²) >= 11 is 0. The number of hydrogen-bond donors (Lipinski definition) is 1. The van der Waals surface area contributed by atoms with Crippen molar-refractivity contribution in [3.63, 3.8) is 0 Å². The first-order chi connectivity index (χ1) is 10.2. The Kier molecular flexibility index (Phi) is 4.80. The molecule has 0 radical (unpaired) electrons. The molecule has 22 heavy (non-hydrogen) atoms. The molecule has 0 aromatic heterocycles. The molecule has 1 amide bonds. The third kappa shape index (κ3) is 4.00. The first kappa shape index (κ1) is 16.8. The van der Waals surface area contributed by atoms with E-state index >= 15 is 0 Å². The Morgan fingerprint density at radius 2 is 1.82 bits per heavy atom. The summed E-state index contributed by atoms with van der Waals surface area (Å²) in [4.78, 5) is 12.0. The lowest BCUT2D eigenvalue weighted by atomic mass is 9.84. The number of halogens is 3. The Hall–Kier alpha value is -1.56. The fourth-order valence-corrected chi connectivity index (χ4v) is 2.41. The molecule has 1 aliphatic heterocycles. The summed E-state index contributed by atoms with van der Waals surface area (Å²) in [5.41, 5.74) is -0.359. The van der Waals surface area contributed by atoms with E-state index < -0.39 is 17.2 Å². The third-order valence-corrected chi connectivity index (χ3v) is 4.00. The fraction of sp³-hybridized carbons (Fsp3) is 0.562. The van der Waals surface area contributed by atoms with Crippen LogP contribution in [0.4, 0.5) is 13.2 Å². The van der Waals surface area contributed by atoms with Crippen molar-refractivity contribution in [3.05, 3.63) is 35.4 Å². The molecule has 0 spiro atoms. The Bertz CT molecular complexity index is 517. The van der Waals surface area contributed by atoms with E-state index in [0.717, 1.165) is 17.7 Å². The van der Waals surface area contributed by atoms with Crippen LogP contribution < -0.4 is 5.32 Å². The molecule has 1 aromatic rings. The van der Waals surface area contributed by atoms with Crippen LogP contribution in [0.3, 0.4) is 0 Å². The summed E-state index contributed by atoms with van der Waals surface area (Å²) in [5, 5.41) is 2.87. The molecule has 2 rings (SSSR count). The molecule has 0 bridgehead atoms. The second-order valence-corrected chi connectivity index (χ2v) is 6.24. The van der Waals surface area contributed by atoms with Gasteiger partial charge in [0.1, 0.15) is 0 Å². The minimum absolute atomic E-state index is 0.0579. The summed E-state index contributed by atoms with van der Waals surface area (Å²) < 4.78 is 42.9. The number of ether oxygens (including phenoxy) is 1. The molecule has 122 valence electrons. The molecule has 1 heterocycles. The second-order valence-electron chi connectivity index (χ2n) is 6.24. The zero-order chi connectivity index (χ0) is 16.4. The molecule has 0 saturated carbocycles. The Morgan fingerprint density at radius 1 is 1.23 bits per heavy atom. The predicted molar refractivity (Wildman–Crippen MR) is 76.4 cm³/mol. The zero-order valence-electron chi connectivity index (χ0n) is 12.7. The van der Waals surface area contributed by atoms with Gasteiger partial charge in [-0.3, -0.25) is 4.79 Å². The molecular formula is C16H20F3NO2. The molecule has 1 N–H and O–H groups in total. The quantitative estimate of drug-likeness (QED) is 0.927. The molecule has 0 aliphatic carbocycles. The zero-order valence-corrected chi connectivity index (χ0v) is 12.7. The third-order valence-electron chi connectivity index (χ3n) is 4.00. The number of hydrogen-bond acceptors (Lipinski definition) is 2. The van der Waals surface area contributed by atoms with Crippen LogP contribution in [-0.2, 0) is 21.1 Å². The van der Waals surface area contributed by atoms with E-state index in [2.05, 4.69) is 5.32 Å². The topological polar surface area (TPSA) is 38.3 Å². The molecule has 3 nitrogen and oxygen atoms in total. The highest BCUT2D eigenvalue weighted by molar-refractivity contribution is 5.79. The predicted octanol–water partition coefficient (Wildman–Crippen LogP) is 3.14. The number of carbonyl (C=O) groups is 1. The second kappa shape index (κ2) is 6.28. The van der Waals surface area contributed by atoms with Crippen molar-refractivity contribution in [2.45, 2.75) is 31.9 Å². The van der Waals surface area contributed by atoms with E-state index in [1.54, 1.807) is 0 Å². The maximum absolute atomic E-state index is 12.6. The van der Waals surface area contributed by atoms with E-state index in [1.807, 2.05) is 13.8 Å². The minimum Gasteiger partial charge on any atom is -0.381 e. The van der Waals surface area contributed by atoms with Gasteiger partial charge in [-0.15, -0.1) is 0 Å². The molecule has 1 aromatic carbocycles. The van der Waals surface area contributed by atoms with Gasteiger partial charge in [0.2, 0.25) is 5.91 Å². The standard InChI is InChI=1S/C16H20F3NO2/c1-15(2,10-20-14(21)11-7-8-22-9-11)12-3-5-13(6-4-12)16(17,18)19/h3-6,11H,7-10H2,1-2H3,(H,20,21)/t11-/m0/s1. The van der Waals surface area contributed by atoms with Crippen LogP contribution >= 0.6 is 0 Å². The van der Waals surface area contributed by atoms with Crippen molar-refractivity contribution in [2.24, 2.45) is 5.92 Å². The van der Waals surface area contributed by atoms with Crippen LogP contribution in [-0.4, -0.2) is 25.7 Å². The molecule has 1 saturated heterocycles. The van der Waals surface area contributed by atoms with Gasteiger partial charge in [0, 0.05) is 18.6 Å². The van der Waals surface area contributed by atoms with Crippen molar-refractivity contribution in [1.82, 2.24) is 5.32 Å². The van der Waals surface area contributed by atoms with Crippen molar-refractivity contribution in [3.8, 4) is 0 Å². The van der Waals surface area contributed by atoms with Crippen LogP contribution in [0.1, 0.15) is 31.4 Å². The molecule has 6 heteroatoms. The summed E-state index contributed by atoms with van der Waals surface area (Å²) in [6.45, 7) is 5.18. The van der Waals surface area contributed by atoms with Crippen LogP contribution in [0.5, 0.6) is 0 Å². The Balaban J connectivity index is 1.98. The van der Waals surface area contributed by atoms with Crippen molar-refractivity contribution >= 4 is 5.91 Å². The Morgan fingerprint density at radius 3 is 2.32 bits per heavy atom. The maximum atomic E-state index is 12.6. The van der Waals surface area contributed by atoms with E-state index in [4.69, 9.17) is 4.74 Å². The average molecular weight is 315 g/mol. The number of benzene rings is 1. The monoisotopic (exact) mass is 315 g/mol. The molecule has 0 unspecified atom stereocenters. The van der Waals surface area contributed by atoms with Gasteiger partial charge in [0.15, 0.2) is 0 Å². The summed E-state index contributed by atoms with van der Waals surface area (Å²) in [6.07, 6.45) is -3.62. The van der Waals surface area contributed by atoms with Gasteiger partial charge in [0.25, 0.3) is 0 Å². The molecule has 1 atom stereocenters. The number of alkyl halides is 3. The van der Waals surface area contributed by atoms with Crippen LogP contribution in [0.15, 0.2) is 24.3 Å². The first-order valence-corrected chi connectivity index (χ1v) is 7.23. The molecule has 1 fully saturated rings. The number of carbonyl (C=O) groups excluding carboxylic acids is 1.